The Bertz CT molecular complexity index is 543. The van der Waals surface area contributed by atoms with Gasteiger partial charge in [0.2, 0.25) is 0 Å². The van der Waals surface area contributed by atoms with E-state index in [1.165, 1.54) is 0 Å². The van der Waals surface area contributed by atoms with Gasteiger partial charge < -0.3 is 9.84 Å². The Morgan fingerprint density at radius 3 is 2.61 bits per heavy atom. The Hall–Kier alpha value is -1.16. The van der Waals surface area contributed by atoms with Crippen LogP contribution in [0.2, 0.25) is 5.02 Å². The molecule has 0 atom stereocenters. The molecule has 0 unspecified atom stereocenters. The molecule has 2 aromatic rings. The van der Waals surface area contributed by atoms with Gasteiger partial charge in [-0.15, -0.1) is 11.8 Å². The molecule has 0 fully saturated rings. The molecule has 0 aliphatic rings. The van der Waals surface area contributed by atoms with Crippen molar-refractivity contribution in [3.05, 3.63) is 53.1 Å². The highest BCUT2D eigenvalue weighted by Gasteiger charge is 2.07. The maximum atomic E-state index is 9.02. The molecule has 0 bridgehead atoms. The first-order valence-electron chi connectivity index (χ1n) is 5.44. The summed E-state index contributed by atoms with van der Waals surface area (Å²) in [5, 5.41) is 9.52. The highest BCUT2D eigenvalue weighted by Crippen LogP contribution is 2.34. The lowest BCUT2D eigenvalue weighted by molar-refractivity contribution is 0.281. The van der Waals surface area contributed by atoms with E-state index in [-0.39, 0.29) is 6.61 Å². The second kappa shape index (κ2) is 6.14. The van der Waals surface area contributed by atoms with Crippen LogP contribution in [-0.4, -0.2) is 11.4 Å². The molecule has 0 radical (unpaired) electrons. The third kappa shape index (κ3) is 2.99. The number of hydrogen-bond donors (Lipinski definition) is 1. The summed E-state index contributed by atoms with van der Waals surface area (Å²) in [5.74, 6) is 1.37. The Morgan fingerprint density at radius 2 is 1.94 bits per heavy atom. The molecule has 0 aromatic heterocycles. The summed E-state index contributed by atoms with van der Waals surface area (Å²) < 4.78 is 5.80. The van der Waals surface area contributed by atoms with E-state index in [2.05, 4.69) is 0 Å². The van der Waals surface area contributed by atoms with Crippen LogP contribution in [0.4, 0.5) is 0 Å². The molecule has 2 nitrogen and oxygen atoms in total. The molecule has 0 amide bonds. The molecule has 0 spiro atoms. The summed E-state index contributed by atoms with van der Waals surface area (Å²) in [5.41, 5.74) is 0.769. The van der Waals surface area contributed by atoms with Gasteiger partial charge >= 0.3 is 0 Å². The zero-order chi connectivity index (χ0) is 13.0. The minimum Gasteiger partial charge on any atom is -0.455 e. The topological polar surface area (TPSA) is 29.5 Å². The molecule has 0 saturated heterocycles. The number of rotatable bonds is 4. The third-order valence-corrected chi connectivity index (χ3v) is 3.54. The quantitative estimate of drug-likeness (QED) is 0.845. The van der Waals surface area contributed by atoms with Gasteiger partial charge in [0.15, 0.2) is 0 Å². The Labute approximate surface area is 116 Å². The lowest BCUT2D eigenvalue weighted by Crippen LogP contribution is -1.89. The van der Waals surface area contributed by atoms with Crippen LogP contribution in [0, 0.1) is 0 Å². The fraction of sp³-hybridized carbons (Fsp3) is 0.143. The van der Waals surface area contributed by atoms with Gasteiger partial charge in [-0.05, 0) is 36.1 Å². The monoisotopic (exact) mass is 280 g/mol. The van der Waals surface area contributed by atoms with Crippen molar-refractivity contribution in [2.24, 2.45) is 0 Å². The predicted octanol–water partition coefficient (Wildman–Crippen LogP) is 4.35. The number of aliphatic hydroxyl groups is 1. The molecular weight excluding hydrogens is 268 g/mol. The summed E-state index contributed by atoms with van der Waals surface area (Å²) in [7, 11) is 0. The second-order valence-corrected chi connectivity index (χ2v) is 4.93. The highest BCUT2D eigenvalue weighted by atomic mass is 35.5. The number of hydrogen-bond acceptors (Lipinski definition) is 3. The molecule has 18 heavy (non-hydrogen) atoms. The molecule has 0 saturated carbocycles. The van der Waals surface area contributed by atoms with Gasteiger partial charge in [-0.3, -0.25) is 0 Å². The SMILES string of the molecule is CSc1ccccc1Oc1ccc(CO)cc1Cl. The van der Waals surface area contributed by atoms with E-state index in [1.807, 2.05) is 30.5 Å². The summed E-state index contributed by atoms with van der Waals surface area (Å²) in [6.07, 6.45) is 2.00. The lowest BCUT2D eigenvalue weighted by Gasteiger charge is -2.11. The lowest BCUT2D eigenvalue weighted by atomic mass is 10.2. The Kier molecular flexibility index (Phi) is 4.53. The van der Waals surface area contributed by atoms with Crippen molar-refractivity contribution >= 4 is 23.4 Å². The largest absolute Gasteiger partial charge is 0.455 e. The first-order valence-corrected chi connectivity index (χ1v) is 7.05. The van der Waals surface area contributed by atoms with Crippen LogP contribution in [0.3, 0.4) is 0 Å². The van der Waals surface area contributed by atoms with E-state index in [0.717, 1.165) is 16.2 Å². The smallest absolute Gasteiger partial charge is 0.146 e. The van der Waals surface area contributed by atoms with Crippen molar-refractivity contribution < 1.29 is 9.84 Å². The van der Waals surface area contributed by atoms with Crippen LogP contribution in [-0.2, 0) is 6.61 Å². The summed E-state index contributed by atoms with van der Waals surface area (Å²) in [6.45, 7) is -0.0264. The predicted molar refractivity (Wildman–Crippen MR) is 75.7 cm³/mol. The summed E-state index contributed by atoms with van der Waals surface area (Å²) in [4.78, 5) is 1.06. The van der Waals surface area contributed by atoms with Gasteiger partial charge in [0.05, 0.1) is 11.6 Å². The first kappa shape index (κ1) is 13.3. The highest BCUT2D eigenvalue weighted by molar-refractivity contribution is 7.98. The summed E-state index contributed by atoms with van der Waals surface area (Å²) in [6, 6.07) is 13.1. The number of para-hydroxylation sites is 1. The van der Waals surface area contributed by atoms with Crippen molar-refractivity contribution in [3.63, 3.8) is 0 Å². The van der Waals surface area contributed by atoms with Crippen LogP contribution in [0.15, 0.2) is 47.4 Å². The zero-order valence-electron chi connectivity index (χ0n) is 9.89. The Morgan fingerprint density at radius 1 is 1.17 bits per heavy atom. The fourth-order valence-electron chi connectivity index (χ4n) is 1.55. The number of thioether (sulfide) groups is 1. The van der Waals surface area contributed by atoms with E-state index in [1.54, 1.807) is 30.0 Å². The molecule has 1 N–H and O–H groups in total. The number of benzene rings is 2. The molecule has 2 aromatic carbocycles. The average molecular weight is 281 g/mol. The number of ether oxygens (including phenoxy) is 1. The van der Waals surface area contributed by atoms with Crippen LogP contribution < -0.4 is 4.74 Å². The van der Waals surface area contributed by atoms with Crippen molar-refractivity contribution in [2.45, 2.75) is 11.5 Å². The van der Waals surface area contributed by atoms with Gasteiger partial charge in [-0.25, -0.2) is 0 Å². The molecule has 2 rings (SSSR count). The maximum absolute atomic E-state index is 9.02. The van der Waals surface area contributed by atoms with Crippen molar-refractivity contribution in [1.29, 1.82) is 0 Å². The van der Waals surface area contributed by atoms with E-state index in [4.69, 9.17) is 21.4 Å². The summed E-state index contributed by atoms with van der Waals surface area (Å²) >= 11 is 7.73. The fourth-order valence-corrected chi connectivity index (χ4v) is 2.31. The third-order valence-electron chi connectivity index (χ3n) is 2.47. The van der Waals surface area contributed by atoms with E-state index in [0.29, 0.717) is 10.8 Å². The van der Waals surface area contributed by atoms with Gasteiger partial charge in [0, 0.05) is 4.90 Å². The van der Waals surface area contributed by atoms with Gasteiger partial charge in [-0.1, -0.05) is 29.8 Å². The van der Waals surface area contributed by atoms with Crippen LogP contribution >= 0.6 is 23.4 Å². The van der Waals surface area contributed by atoms with Gasteiger partial charge in [-0.2, -0.15) is 0 Å². The Balaban J connectivity index is 2.28. The first-order chi connectivity index (χ1) is 8.74. The second-order valence-electron chi connectivity index (χ2n) is 3.68. The van der Waals surface area contributed by atoms with Crippen molar-refractivity contribution in [2.75, 3.05) is 6.26 Å². The van der Waals surface area contributed by atoms with Crippen LogP contribution in [0.1, 0.15) is 5.56 Å². The molecule has 94 valence electrons. The number of halogens is 1. The van der Waals surface area contributed by atoms with Crippen molar-refractivity contribution in [1.82, 2.24) is 0 Å². The molecule has 0 aliphatic carbocycles. The maximum Gasteiger partial charge on any atom is 0.146 e. The van der Waals surface area contributed by atoms with Crippen LogP contribution in [0.25, 0.3) is 0 Å². The molecule has 0 aliphatic heterocycles. The van der Waals surface area contributed by atoms with Gasteiger partial charge in [0.25, 0.3) is 0 Å². The van der Waals surface area contributed by atoms with Crippen molar-refractivity contribution in [3.8, 4) is 11.5 Å². The molecular formula is C14H13ClO2S. The normalized spacial score (nSPS) is 10.4. The van der Waals surface area contributed by atoms with E-state index >= 15 is 0 Å². The minimum absolute atomic E-state index is 0.0264. The standard InChI is InChI=1S/C14H13ClO2S/c1-18-14-5-3-2-4-13(14)17-12-7-6-10(9-16)8-11(12)15/h2-8,16H,9H2,1H3. The minimum atomic E-state index is -0.0264. The number of aliphatic hydroxyl groups excluding tert-OH is 1. The molecule has 4 heteroatoms. The van der Waals surface area contributed by atoms with Crippen LogP contribution in [0.5, 0.6) is 11.5 Å². The van der Waals surface area contributed by atoms with Gasteiger partial charge in [0.1, 0.15) is 11.5 Å². The zero-order valence-corrected chi connectivity index (χ0v) is 11.5. The van der Waals surface area contributed by atoms with E-state index < -0.39 is 0 Å². The molecule has 0 heterocycles. The van der Waals surface area contributed by atoms with E-state index in [9.17, 15) is 0 Å². The average Bonchev–Trinajstić information content (AvgIpc) is 2.41.